The van der Waals surface area contributed by atoms with Crippen molar-refractivity contribution in [2.75, 3.05) is 0 Å². The highest BCUT2D eigenvalue weighted by Gasteiger charge is 2.22. The van der Waals surface area contributed by atoms with Crippen LogP contribution in [0.25, 0.3) is 16.9 Å². The molecule has 0 fully saturated rings. The van der Waals surface area contributed by atoms with Crippen LogP contribution in [0.4, 0.5) is 4.39 Å². The molecule has 0 aliphatic heterocycles. The molecule has 0 unspecified atom stereocenters. The van der Waals surface area contributed by atoms with Crippen molar-refractivity contribution < 1.29 is 17.2 Å². The van der Waals surface area contributed by atoms with Gasteiger partial charge in [0.2, 0.25) is 0 Å². The third-order valence-electron chi connectivity index (χ3n) is 4.07. The largest absolute Gasteiger partial charge is 0.471 e. The van der Waals surface area contributed by atoms with Gasteiger partial charge < -0.3 is 4.42 Å². The second kappa shape index (κ2) is 7.69. The predicted molar refractivity (Wildman–Crippen MR) is 107 cm³/mol. The normalized spacial score (nSPS) is 11.7. The van der Waals surface area contributed by atoms with E-state index in [1.807, 2.05) is 0 Å². The third-order valence-corrected chi connectivity index (χ3v) is 6.57. The van der Waals surface area contributed by atoms with Crippen LogP contribution in [-0.4, -0.2) is 28.4 Å². The molecular weight excluding hydrogens is 487 g/mol. The second-order valence-corrected chi connectivity index (χ2v) is 9.31. The Labute approximate surface area is 178 Å². The summed E-state index contributed by atoms with van der Waals surface area (Å²) in [6.07, 6.45) is 7.09. The molecule has 11 heteroatoms. The number of nitrogens with zero attached hydrogens (tertiary/aromatic N) is 4. The molecule has 1 aromatic carbocycles. The minimum Gasteiger partial charge on any atom is -0.471 e. The fourth-order valence-electron chi connectivity index (χ4n) is 2.68. The minimum atomic E-state index is -3.71. The summed E-state index contributed by atoms with van der Waals surface area (Å²) in [6.45, 7) is 0. The zero-order valence-corrected chi connectivity index (χ0v) is 17.6. The molecule has 3 heterocycles. The molecule has 7 nitrogen and oxygen atoms in total. The van der Waals surface area contributed by atoms with Gasteiger partial charge in [0.05, 0.1) is 23.2 Å². The van der Waals surface area contributed by atoms with Crippen LogP contribution in [0.2, 0.25) is 5.02 Å². The molecular formula is C18H11BrClFN4O3S. The van der Waals surface area contributed by atoms with Gasteiger partial charge in [-0.25, -0.2) is 17.5 Å². The van der Waals surface area contributed by atoms with E-state index in [0.29, 0.717) is 11.3 Å². The monoisotopic (exact) mass is 496 g/mol. The maximum atomic E-state index is 14.5. The molecule has 0 atom stereocenters. The molecule has 0 saturated heterocycles. The van der Waals surface area contributed by atoms with Gasteiger partial charge in [0.15, 0.2) is 9.84 Å². The minimum absolute atomic E-state index is 0.0182. The number of aromatic nitrogens is 4. The Balaban J connectivity index is 1.73. The maximum Gasteiger partial charge on any atom is 0.185 e. The molecule has 4 rings (SSSR count). The van der Waals surface area contributed by atoms with Crippen molar-refractivity contribution in [3.63, 3.8) is 0 Å². The zero-order chi connectivity index (χ0) is 20.6. The molecule has 0 aliphatic carbocycles. The number of halogens is 3. The first kappa shape index (κ1) is 19.7. The van der Waals surface area contributed by atoms with E-state index in [2.05, 4.69) is 31.2 Å². The molecule has 3 aromatic heterocycles. The summed E-state index contributed by atoms with van der Waals surface area (Å²) in [4.78, 5) is 4.08. The van der Waals surface area contributed by atoms with Gasteiger partial charge in [-0.15, -0.1) is 5.10 Å². The lowest BCUT2D eigenvalue weighted by molar-refractivity contribution is 0.556. The van der Waals surface area contributed by atoms with Crippen LogP contribution in [0, 0.1) is 5.82 Å². The Bertz CT molecular complexity index is 1290. The summed E-state index contributed by atoms with van der Waals surface area (Å²) in [5, 5.41) is 7.89. The van der Waals surface area contributed by atoms with Gasteiger partial charge in [-0.1, -0.05) is 22.9 Å². The highest BCUT2D eigenvalue weighted by molar-refractivity contribution is 9.10. The standard InChI is InChI=1S/C18H11BrClFN4O3S/c19-13-5-12(6-22-7-13)16-8-25(24-23-16)18-15(21)2-1-11(17(18)20)10-29(26,27)14-3-4-28-9-14/h1-9H,10H2. The van der Waals surface area contributed by atoms with Gasteiger partial charge in [0.25, 0.3) is 0 Å². The number of hydrogen-bond donors (Lipinski definition) is 0. The van der Waals surface area contributed by atoms with Crippen molar-refractivity contribution in [1.82, 2.24) is 20.0 Å². The smallest absolute Gasteiger partial charge is 0.185 e. The number of sulfone groups is 1. The Morgan fingerprint density at radius 2 is 2.07 bits per heavy atom. The molecule has 0 bridgehead atoms. The lowest BCUT2D eigenvalue weighted by atomic mass is 10.2. The second-order valence-electron chi connectivity index (χ2n) is 6.03. The quantitative estimate of drug-likeness (QED) is 0.405. The van der Waals surface area contributed by atoms with E-state index in [-0.39, 0.29) is 21.2 Å². The summed E-state index contributed by atoms with van der Waals surface area (Å²) in [5.74, 6) is -1.08. The first-order chi connectivity index (χ1) is 13.8. The zero-order valence-electron chi connectivity index (χ0n) is 14.5. The van der Waals surface area contributed by atoms with Crippen LogP contribution >= 0.6 is 27.5 Å². The molecule has 0 N–H and O–H groups in total. The van der Waals surface area contributed by atoms with Crippen LogP contribution in [0.1, 0.15) is 5.56 Å². The predicted octanol–water partition coefficient (Wildman–Crippen LogP) is 4.45. The van der Waals surface area contributed by atoms with Crippen molar-refractivity contribution >= 4 is 37.4 Å². The fraction of sp³-hybridized carbons (Fsp3) is 0.0556. The first-order valence-electron chi connectivity index (χ1n) is 8.10. The molecule has 0 spiro atoms. The average Bonchev–Trinajstić information content (AvgIpc) is 3.37. The van der Waals surface area contributed by atoms with E-state index in [9.17, 15) is 12.8 Å². The van der Waals surface area contributed by atoms with Gasteiger partial charge >= 0.3 is 0 Å². The molecule has 0 amide bonds. The molecule has 0 saturated carbocycles. The van der Waals surface area contributed by atoms with Crippen molar-refractivity contribution in [2.24, 2.45) is 0 Å². The summed E-state index contributed by atoms with van der Waals surface area (Å²) in [5.41, 5.74) is 1.25. The van der Waals surface area contributed by atoms with Gasteiger partial charge in [-0.2, -0.15) is 0 Å². The van der Waals surface area contributed by atoms with Crippen LogP contribution in [0.15, 0.2) is 69.2 Å². The van der Waals surface area contributed by atoms with Crippen molar-refractivity contribution in [3.8, 4) is 16.9 Å². The Kier molecular flexibility index (Phi) is 5.24. The highest BCUT2D eigenvalue weighted by Crippen LogP contribution is 2.31. The number of benzene rings is 1. The average molecular weight is 498 g/mol. The van der Waals surface area contributed by atoms with Crippen molar-refractivity contribution in [3.05, 3.63) is 76.3 Å². The summed E-state index contributed by atoms with van der Waals surface area (Å²) < 4.78 is 46.3. The van der Waals surface area contributed by atoms with E-state index in [0.717, 1.165) is 16.8 Å². The number of hydrogen-bond acceptors (Lipinski definition) is 6. The maximum absolute atomic E-state index is 14.5. The van der Waals surface area contributed by atoms with E-state index >= 15 is 0 Å². The SMILES string of the molecule is O=S(=O)(Cc1ccc(F)c(-n2cc(-c3cncc(Br)c3)nn2)c1Cl)c1ccoc1. The van der Waals surface area contributed by atoms with Gasteiger partial charge in [0, 0.05) is 22.4 Å². The molecule has 148 valence electrons. The molecule has 0 radical (unpaired) electrons. The lowest BCUT2D eigenvalue weighted by Crippen LogP contribution is -2.07. The highest BCUT2D eigenvalue weighted by atomic mass is 79.9. The number of furan rings is 1. The Morgan fingerprint density at radius 1 is 1.24 bits per heavy atom. The van der Waals surface area contributed by atoms with E-state index in [1.165, 1.54) is 29.3 Å². The summed E-state index contributed by atoms with van der Waals surface area (Å²) in [7, 11) is -3.71. The van der Waals surface area contributed by atoms with Crippen molar-refractivity contribution in [2.45, 2.75) is 10.6 Å². The first-order valence-corrected chi connectivity index (χ1v) is 10.9. The molecule has 29 heavy (non-hydrogen) atoms. The van der Waals surface area contributed by atoms with Crippen LogP contribution in [0.3, 0.4) is 0 Å². The third kappa shape index (κ3) is 3.96. The van der Waals surface area contributed by atoms with Crippen molar-refractivity contribution in [1.29, 1.82) is 0 Å². The van der Waals surface area contributed by atoms with Crippen LogP contribution in [0.5, 0.6) is 0 Å². The Hall–Kier alpha value is -2.56. The van der Waals surface area contributed by atoms with Gasteiger partial charge in [-0.3, -0.25) is 4.98 Å². The van der Waals surface area contributed by atoms with E-state index in [1.54, 1.807) is 18.5 Å². The van der Waals surface area contributed by atoms with E-state index < -0.39 is 21.4 Å². The molecule has 4 aromatic rings. The topological polar surface area (TPSA) is 90.9 Å². The van der Waals surface area contributed by atoms with Gasteiger partial charge in [0.1, 0.15) is 28.4 Å². The summed E-state index contributed by atoms with van der Waals surface area (Å²) in [6, 6.07) is 5.59. The lowest BCUT2D eigenvalue weighted by Gasteiger charge is -2.10. The number of pyridine rings is 1. The Morgan fingerprint density at radius 3 is 2.79 bits per heavy atom. The fourth-order valence-corrected chi connectivity index (χ4v) is 4.71. The summed E-state index contributed by atoms with van der Waals surface area (Å²) >= 11 is 9.69. The van der Waals surface area contributed by atoms with Gasteiger partial charge in [-0.05, 0) is 39.7 Å². The van der Waals surface area contributed by atoms with E-state index in [4.69, 9.17) is 16.0 Å². The van der Waals surface area contributed by atoms with Crippen LogP contribution < -0.4 is 0 Å². The number of rotatable bonds is 5. The van der Waals surface area contributed by atoms with Crippen LogP contribution in [-0.2, 0) is 15.6 Å². The molecule has 0 aliphatic rings.